The molecule has 0 saturated heterocycles. The third kappa shape index (κ3) is 3.95. The van der Waals surface area contributed by atoms with Crippen LogP contribution in [0.3, 0.4) is 0 Å². The summed E-state index contributed by atoms with van der Waals surface area (Å²) in [6.07, 6.45) is 0.0547. The Labute approximate surface area is 153 Å². The molecule has 2 aromatic carbocycles. The molecule has 0 saturated carbocycles. The van der Waals surface area contributed by atoms with E-state index < -0.39 is 5.25 Å². The molecule has 0 aliphatic carbocycles. The fourth-order valence-corrected chi connectivity index (χ4v) is 3.57. The number of amides is 2. The van der Waals surface area contributed by atoms with Crippen LogP contribution in [-0.4, -0.2) is 17.1 Å². The molecule has 5 nitrogen and oxygen atoms in total. The number of hydrazine groups is 1. The van der Waals surface area contributed by atoms with Gasteiger partial charge in [-0.05, 0) is 30.3 Å². The molecule has 1 aliphatic heterocycles. The van der Waals surface area contributed by atoms with Crippen LogP contribution >= 0.6 is 35.0 Å². The minimum Gasteiger partial charge on any atom is -0.324 e. The van der Waals surface area contributed by atoms with Gasteiger partial charge in [-0.3, -0.25) is 20.4 Å². The van der Waals surface area contributed by atoms with Crippen LogP contribution in [0.15, 0.2) is 47.4 Å². The van der Waals surface area contributed by atoms with E-state index in [4.69, 9.17) is 23.2 Å². The number of thioether (sulfide) groups is 1. The van der Waals surface area contributed by atoms with Crippen molar-refractivity contribution < 1.29 is 9.59 Å². The maximum Gasteiger partial charge on any atom is 0.239 e. The average Bonchev–Trinajstić information content (AvgIpc) is 2.56. The quantitative estimate of drug-likeness (QED) is 0.701. The summed E-state index contributed by atoms with van der Waals surface area (Å²) in [5.41, 5.74) is 6.68. The van der Waals surface area contributed by atoms with Crippen molar-refractivity contribution in [1.82, 2.24) is 5.43 Å². The number of hydrogen-bond acceptors (Lipinski definition) is 4. The number of nitrogens with one attached hydrogen (secondary N) is 3. The van der Waals surface area contributed by atoms with Crippen molar-refractivity contribution in [2.75, 3.05) is 10.7 Å². The van der Waals surface area contributed by atoms with Crippen LogP contribution in [0.2, 0.25) is 10.0 Å². The highest BCUT2D eigenvalue weighted by molar-refractivity contribution is 8.01. The lowest BCUT2D eigenvalue weighted by Gasteiger charge is -2.23. The van der Waals surface area contributed by atoms with Gasteiger partial charge in [-0.2, -0.15) is 0 Å². The third-order valence-corrected chi connectivity index (χ3v) is 5.36. The molecule has 3 rings (SSSR count). The number of halogens is 2. The molecule has 8 heteroatoms. The molecule has 1 aliphatic rings. The van der Waals surface area contributed by atoms with Gasteiger partial charge in [0.2, 0.25) is 11.8 Å². The minimum atomic E-state index is -0.476. The molecule has 0 radical (unpaired) electrons. The maximum atomic E-state index is 12.1. The van der Waals surface area contributed by atoms with E-state index in [0.29, 0.717) is 15.7 Å². The summed E-state index contributed by atoms with van der Waals surface area (Å²) in [6.45, 7) is 0. The van der Waals surface area contributed by atoms with Crippen molar-refractivity contribution >= 4 is 58.2 Å². The zero-order valence-electron chi connectivity index (χ0n) is 12.3. The van der Waals surface area contributed by atoms with E-state index in [-0.39, 0.29) is 18.2 Å². The Morgan fingerprint density at radius 3 is 2.75 bits per heavy atom. The van der Waals surface area contributed by atoms with E-state index in [1.165, 1.54) is 11.8 Å². The molecular formula is C16H13Cl2N3O2S. The van der Waals surface area contributed by atoms with Crippen molar-refractivity contribution in [3.8, 4) is 0 Å². The van der Waals surface area contributed by atoms with Crippen molar-refractivity contribution in [2.24, 2.45) is 0 Å². The van der Waals surface area contributed by atoms with Crippen LogP contribution in [0.5, 0.6) is 0 Å². The second-order valence-corrected chi connectivity index (χ2v) is 7.16. The van der Waals surface area contributed by atoms with Crippen LogP contribution in [0.1, 0.15) is 6.42 Å². The highest BCUT2D eigenvalue weighted by Crippen LogP contribution is 2.36. The first-order valence-corrected chi connectivity index (χ1v) is 8.73. The Morgan fingerprint density at radius 1 is 1.17 bits per heavy atom. The number of anilines is 2. The number of para-hydroxylation sites is 1. The van der Waals surface area contributed by atoms with Crippen LogP contribution in [0, 0.1) is 0 Å². The first-order valence-electron chi connectivity index (χ1n) is 7.09. The van der Waals surface area contributed by atoms with E-state index in [2.05, 4.69) is 16.2 Å². The predicted molar refractivity (Wildman–Crippen MR) is 97.6 cm³/mol. The first kappa shape index (κ1) is 17.0. The zero-order valence-corrected chi connectivity index (χ0v) is 14.6. The number of fused-ring (bicyclic) bond motifs is 1. The summed E-state index contributed by atoms with van der Waals surface area (Å²) in [4.78, 5) is 25.1. The van der Waals surface area contributed by atoms with Gasteiger partial charge in [0.05, 0.1) is 26.7 Å². The van der Waals surface area contributed by atoms with Crippen molar-refractivity contribution in [3.05, 3.63) is 52.5 Å². The molecule has 0 spiro atoms. The van der Waals surface area contributed by atoms with E-state index in [0.717, 1.165) is 10.6 Å². The Bertz CT molecular complexity index is 801. The lowest BCUT2D eigenvalue weighted by molar-refractivity contribution is -0.123. The molecule has 124 valence electrons. The minimum absolute atomic E-state index is 0.0547. The number of rotatable bonds is 4. The Balaban J connectivity index is 1.57. The summed E-state index contributed by atoms with van der Waals surface area (Å²) in [5, 5.41) is 3.15. The van der Waals surface area contributed by atoms with Gasteiger partial charge >= 0.3 is 0 Å². The summed E-state index contributed by atoms with van der Waals surface area (Å²) < 4.78 is 0. The molecule has 1 heterocycles. The maximum absolute atomic E-state index is 12.1. The molecule has 2 amide bonds. The monoisotopic (exact) mass is 381 g/mol. The lowest BCUT2D eigenvalue weighted by Crippen LogP contribution is -2.36. The van der Waals surface area contributed by atoms with Gasteiger partial charge in [-0.15, -0.1) is 11.8 Å². The largest absolute Gasteiger partial charge is 0.324 e. The molecule has 0 bridgehead atoms. The van der Waals surface area contributed by atoms with Crippen LogP contribution < -0.4 is 16.2 Å². The number of carbonyl (C=O) groups excluding carboxylic acids is 2. The van der Waals surface area contributed by atoms with Gasteiger partial charge < -0.3 is 5.32 Å². The smallest absolute Gasteiger partial charge is 0.239 e. The van der Waals surface area contributed by atoms with Gasteiger partial charge in [-0.25, -0.2) is 0 Å². The third-order valence-electron chi connectivity index (χ3n) is 3.34. The van der Waals surface area contributed by atoms with E-state index in [1.54, 1.807) is 18.2 Å². The Hall–Kier alpha value is -1.89. The van der Waals surface area contributed by atoms with E-state index >= 15 is 0 Å². The fraction of sp³-hybridized carbons (Fsp3) is 0.125. The number of benzene rings is 2. The van der Waals surface area contributed by atoms with Gasteiger partial charge in [0, 0.05) is 11.3 Å². The highest BCUT2D eigenvalue weighted by atomic mass is 35.5. The molecule has 0 aromatic heterocycles. The molecule has 24 heavy (non-hydrogen) atoms. The highest BCUT2D eigenvalue weighted by Gasteiger charge is 2.28. The van der Waals surface area contributed by atoms with Gasteiger partial charge in [0.1, 0.15) is 0 Å². The van der Waals surface area contributed by atoms with Crippen molar-refractivity contribution in [3.63, 3.8) is 0 Å². The van der Waals surface area contributed by atoms with E-state index in [1.807, 2.05) is 24.3 Å². The summed E-state index contributed by atoms with van der Waals surface area (Å²) in [5.74, 6) is -0.475. The molecule has 0 unspecified atom stereocenters. The van der Waals surface area contributed by atoms with Gasteiger partial charge in [-0.1, -0.05) is 35.3 Å². The lowest BCUT2D eigenvalue weighted by atomic mass is 10.2. The van der Waals surface area contributed by atoms with Crippen molar-refractivity contribution in [1.29, 1.82) is 0 Å². The molecule has 1 atom stereocenters. The Morgan fingerprint density at radius 2 is 1.96 bits per heavy atom. The normalized spacial score (nSPS) is 16.1. The predicted octanol–water partition coefficient (Wildman–Crippen LogP) is 3.94. The topological polar surface area (TPSA) is 70.2 Å². The zero-order chi connectivity index (χ0) is 17.1. The summed E-state index contributed by atoms with van der Waals surface area (Å²) in [6, 6.07) is 12.4. The van der Waals surface area contributed by atoms with Gasteiger partial charge in [0.15, 0.2) is 0 Å². The van der Waals surface area contributed by atoms with Crippen LogP contribution in [0.25, 0.3) is 0 Å². The summed E-state index contributed by atoms with van der Waals surface area (Å²) >= 11 is 13.1. The van der Waals surface area contributed by atoms with Crippen LogP contribution in [-0.2, 0) is 9.59 Å². The second-order valence-electron chi connectivity index (χ2n) is 5.10. The number of hydrogen-bond donors (Lipinski definition) is 3. The SMILES string of the molecule is O=C(C[C@H]1Sc2ccccc2NC1=O)NNc1ccc(Cl)c(Cl)c1. The number of carbonyl (C=O) groups is 2. The van der Waals surface area contributed by atoms with E-state index in [9.17, 15) is 9.59 Å². The Kier molecular flexibility index (Phi) is 5.18. The average molecular weight is 382 g/mol. The van der Waals surface area contributed by atoms with Crippen molar-refractivity contribution in [2.45, 2.75) is 16.6 Å². The van der Waals surface area contributed by atoms with Gasteiger partial charge in [0.25, 0.3) is 0 Å². The molecular weight excluding hydrogens is 369 g/mol. The molecule has 0 fully saturated rings. The van der Waals surface area contributed by atoms with Crippen LogP contribution in [0.4, 0.5) is 11.4 Å². The summed E-state index contributed by atoms with van der Waals surface area (Å²) in [7, 11) is 0. The molecule has 3 N–H and O–H groups in total. The first-order chi connectivity index (χ1) is 11.5. The standard InChI is InChI=1S/C16H13Cl2N3O2S/c17-10-6-5-9(7-11(10)18)20-21-15(22)8-14-16(23)19-12-3-1-2-4-13(12)24-14/h1-7,14,20H,8H2,(H,19,23)(H,21,22)/t14-/m1/s1. The fourth-order valence-electron chi connectivity index (χ4n) is 2.16. The molecule has 2 aromatic rings. The second kappa shape index (κ2) is 7.34.